The molecule has 1 amide bonds. The fourth-order valence-electron chi connectivity index (χ4n) is 2.02. The first-order valence-electron chi connectivity index (χ1n) is 6.13. The van der Waals surface area contributed by atoms with Crippen molar-refractivity contribution in [2.45, 2.75) is 32.0 Å². The molecular weight excluding hydrogens is 295 g/mol. The highest BCUT2D eigenvalue weighted by molar-refractivity contribution is 6.29. The van der Waals surface area contributed by atoms with Crippen LogP contribution in [-0.4, -0.2) is 39.5 Å². The predicted molar refractivity (Wildman–Crippen MR) is 66.3 cm³/mol. The summed E-state index contributed by atoms with van der Waals surface area (Å²) in [5, 5.41) is -0.0260. The first-order chi connectivity index (χ1) is 9.28. The van der Waals surface area contributed by atoms with Crippen LogP contribution in [0.5, 0.6) is 0 Å². The summed E-state index contributed by atoms with van der Waals surface area (Å²) < 4.78 is 37.9. The second-order valence-corrected chi connectivity index (χ2v) is 5.24. The Morgan fingerprint density at radius 1 is 1.50 bits per heavy atom. The van der Waals surface area contributed by atoms with Gasteiger partial charge in [-0.25, -0.2) is 4.98 Å². The molecule has 0 bridgehead atoms. The molecule has 1 aromatic heterocycles. The zero-order valence-electron chi connectivity index (χ0n) is 10.7. The lowest BCUT2D eigenvalue weighted by Crippen LogP contribution is -2.45. The highest BCUT2D eigenvalue weighted by Gasteiger charge is 2.41. The van der Waals surface area contributed by atoms with Crippen LogP contribution in [0, 0.1) is 5.92 Å². The van der Waals surface area contributed by atoms with Gasteiger partial charge in [0.1, 0.15) is 17.4 Å². The molecule has 1 fully saturated rings. The summed E-state index contributed by atoms with van der Waals surface area (Å²) in [6.45, 7) is 0.330. The lowest BCUT2D eigenvalue weighted by Gasteiger charge is -2.29. The summed E-state index contributed by atoms with van der Waals surface area (Å²) >= 11 is 5.61. The average molecular weight is 308 g/mol. The van der Waals surface area contributed by atoms with Gasteiger partial charge in [0.2, 0.25) is 0 Å². The van der Waals surface area contributed by atoms with Crippen LogP contribution >= 0.6 is 11.6 Å². The van der Waals surface area contributed by atoms with Crippen molar-refractivity contribution >= 4 is 17.5 Å². The van der Waals surface area contributed by atoms with Crippen molar-refractivity contribution in [3.8, 4) is 0 Å². The summed E-state index contributed by atoms with van der Waals surface area (Å²) in [5.74, 6) is -0.676. The average Bonchev–Trinajstić information content (AvgIpc) is 3.17. The number of rotatable bonds is 4. The molecule has 1 aliphatic carbocycles. The molecule has 1 aliphatic rings. The van der Waals surface area contributed by atoms with Crippen LogP contribution in [0.25, 0.3) is 0 Å². The Kier molecular flexibility index (Phi) is 4.17. The van der Waals surface area contributed by atoms with Crippen molar-refractivity contribution in [3.63, 3.8) is 0 Å². The third-order valence-corrected chi connectivity index (χ3v) is 3.41. The highest BCUT2D eigenvalue weighted by Crippen LogP contribution is 2.36. The van der Waals surface area contributed by atoms with Crippen molar-refractivity contribution in [1.29, 1.82) is 0 Å². The Balaban J connectivity index is 2.23. The zero-order valence-corrected chi connectivity index (χ0v) is 11.4. The number of hydrogen-bond donors (Lipinski definition) is 0. The van der Waals surface area contributed by atoms with E-state index in [2.05, 4.69) is 9.97 Å². The lowest BCUT2D eigenvalue weighted by molar-refractivity contribution is -0.144. The van der Waals surface area contributed by atoms with E-state index < -0.39 is 24.7 Å². The monoisotopic (exact) mass is 307 g/mol. The van der Waals surface area contributed by atoms with Gasteiger partial charge in [-0.1, -0.05) is 11.6 Å². The standard InChI is InChI=1S/C12H13ClF3N3O/c1-7(8-2-3-8)19(6-12(14,15)16)11(20)9-4-17-5-10(13)18-9/h4-5,7-8H,2-3,6H2,1H3. The van der Waals surface area contributed by atoms with E-state index >= 15 is 0 Å². The molecule has 0 aliphatic heterocycles. The number of nitrogens with zero attached hydrogens (tertiary/aromatic N) is 3. The highest BCUT2D eigenvalue weighted by atomic mass is 35.5. The molecule has 1 atom stereocenters. The van der Waals surface area contributed by atoms with Gasteiger partial charge < -0.3 is 4.90 Å². The van der Waals surface area contributed by atoms with Crippen LogP contribution in [-0.2, 0) is 0 Å². The maximum atomic E-state index is 12.6. The van der Waals surface area contributed by atoms with Gasteiger partial charge in [0, 0.05) is 6.04 Å². The number of hydrogen-bond acceptors (Lipinski definition) is 3. The summed E-state index contributed by atoms with van der Waals surface area (Å²) in [4.78, 5) is 20.4. The van der Waals surface area contributed by atoms with E-state index in [4.69, 9.17) is 11.6 Å². The molecule has 1 saturated carbocycles. The van der Waals surface area contributed by atoms with E-state index in [9.17, 15) is 18.0 Å². The molecular formula is C12H13ClF3N3O. The molecule has 4 nitrogen and oxygen atoms in total. The first kappa shape index (κ1) is 15.0. The first-order valence-corrected chi connectivity index (χ1v) is 6.51. The Morgan fingerprint density at radius 2 is 2.15 bits per heavy atom. The van der Waals surface area contributed by atoms with Gasteiger partial charge in [-0.2, -0.15) is 13.2 Å². The van der Waals surface area contributed by atoms with E-state index in [0.717, 1.165) is 23.9 Å². The number of carbonyl (C=O) groups is 1. The van der Waals surface area contributed by atoms with E-state index in [0.29, 0.717) is 0 Å². The van der Waals surface area contributed by atoms with Gasteiger partial charge in [0.25, 0.3) is 5.91 Å². The second kappa shape index (κ2) is 5.55. The van der Waals surface area contributed by atoms with Crippen LogP contribution in [0.4, 0.5) is 13.2 Å². The summed E-state index contributed by atoms with van der Waals surface area (Å²) in [7, 11) is 0. The normalized spacial score (nSPS) is 16.9. The van der Waals surface area contributed by atoms with Crippen LogP contribution in [0.3, 0.4) is 0 Å². The molecule has 110 valence electrons. The van der Waals surface area contributed by atoms with Crippen LogP contribution in [0.2, 0.25) is 5.15 Å². The predicted octanol–water partition coefficient (Wildman–Crippen LogP) is 2.93. The van der Waals surface area contributed by atoms with Crippen molar-refractivity contribution in [2.75, 3.05) is 6.54 Å². The van der Waals surface area contributed by atoms with E-state index in [-0.39, 0.29) is 16.8 Å². The van der Waals surface area contributed by atoms with E-state index in [1.165, 1.54) is 6.20 Å². The fraction of sp³-hybridized carbons (Fsp3) is 0.583. The number of aromatic nitrogens is 2. The molecule has 0 saturated heterocycles. The number of amides is 1. The van der Waals surface area contributed by atoms with Gasteiger partial charge in [-0.05, 0) is 25.7 Å². The van der Waals surface area contributed by atoms with Gasteiger partial charge in [-0.3, -0.25) is 9.78 Å². The minimum atomic E-state index is -4.45. The molecule has 1 aromatic rings. The molecule has 2 rings (SSSR count). The Bertz CT molecular complexity index is 505. The molecule has 8 heteroatoms. The molecule has 0 N–H and O–H groups in total. The van der Waals surface area contributed by atoms with E-state index in [1.807, 2.05) is 0 Å². The lowest BCUT2D eigenvalue weighted by atomic mass is 10.1. The third kappa shape index (κ3) is 3.82. The van der Waals surface area contributed by atoms with Gasteiger partial charge >= 0.3 is 6.18 Å². The van der Waals surface area contributed by atoms with Crippen LogP contribution in [0.1, 0.15) is 30.3 Å². The van der Waals surface area contributed by atoms with Crippen molar-refractivity contribution in [1.82, 2.24) is 14.9 Å². The zero-order chi connectivity index (χ0) is 14.9. The smallest absolute Gasteiger partial charge is 0.325 e. The van der Waals surface area contributed by atoms with Gasteiger partial charge in [0.15, 0.2) is 0 Å². The molecule has 0 spiro atoms. The number of alkyl halides is 3. The van der Waals surface area contributed by atoms with Crippen molar-refractivity contribution in [3.05, 3.63) is 23.2 Å². The molecule has 0 radical (unpaired) electrons. The summed E-state index contributed by atoms with van der Waals surface area (Å²) in [6, 6.07) is -0.482. The van der Waals surface area contributed by atoms with E-state index in [1.54, 1.807) is 6.92 Å². The van der Waals surface area contributed by atoms with Crippen molar-refractivity contribution in [2.24, 2.45) is 5.92 Å². The molecule has 0 aromatic carbocycles. The summed E-state index contributed by atoms with van der Waals surface area (Å²) in [6.07, 6.45) is -0.438. The van der Waals surface area contributed by atoms with Gasteiger partial charge in [0.05, 0.1) is 12.4 Å². The Hall–Kier alpha value is -1.37. The third-order valence-electron chi connectivity index (χ3n) is 3.23. The fourth-order valence-corrected chi connectivity index (χ4v) is 2.17. The Morgan fingerprint density at radius 3 is 2.65 bits per heavy atom. The largest absolute Gasteiger partial charge is 0.406 e. The quantitative estimate of drug-likeness (QED) is 0.859. The molecule has 1 unspecified atom stereocenters. The maximum absolute atomic E-state index is 12.6. The minimum Gasteiger partial charge on any atom is -0.325 e. The molecule has 1 heterocycles. The Labute approximate surface area is 119 Å². The van der Waals surface area contributed by atoms with Gasteiger partial charge in [-0.15, -0.1) is 0 Å². The van der Waals surface area contributed by atoms with Crippen molar-refractivity contribution < 1.29 is 18.0 Å². The van der Waals surface area contributed by atoms with Crippen LogP contribution < -0.4 is 0 Å². The number of carbonyl (C=O) groups excluding carboxylic acids is 1. The SMILES string of the molecule is CC(C1CC1)N(CC(F)(F)F)C(=O)c1cncc(Cl)n1. The number of halogens is 4. The topological polar surface area (TPSA) is 46.1 Å². The molecule has 20 heavy (non-hydrogen) atoms. The second-order valence-electron chi connectivity index (χ2n) is 4.85. The summed E-state index contributed by atoms with van der Waals surface area (Å²) in [5.41, 5.74) is -0.172. The maximum Gasteiger partial charge on any atom is 0.406 e. The minimum absolute atomic E-state index is 0.0260. The van der Waals surface area contributed by atoms with Crippen LogP contribution in [0.15, 0.2) is 12.4 Å².